The first-order valence-corrected chi connectivity index (χ1v) is 7.87. The summed E-state index contributed by atoms with van der Waals surface area (Å²) in [5, 5.41) is 0.464. The molecule has 0 aliphatic carbocycles. The van der Waals surface area contributed by atoms with Crippen LogP contribution in [-0.2, 0) is 10.0 Å². The van der Waals surface area contributed by atoms with Crippen LogP contribution in [0.1, 0.15) is 0 Å². The minimum absolute atomic E-state index is 0.0151. The summed E-state index contributed by atoms with van der Waals surface area (Å²) >= 11 is 14.4. The molecule has 0 saturated carbocycles. The van der Waals surface area contributed by atoms with Gasteiger partial charge in [-0.2, -0.15) is 0 Å². The number of sulfonamides is 1. The Kier molecular flexibility index (Phi) is 4.29. The van der Waals surface area contributed by atoms with E-state index in [-0.39, 0.29) is 15.2 Å². The first-order chi connectivity index (χ1) is 8.88. The fraction of sp³-hybridized carbons (Fsp3) is 0. The van der Waals surface area contributed by atoms with Gasteiger partial charge in [-0.05, 0) is 34.1 Å². The van der Waals surface area contributed by atoms with Crippen LogP contribution < -0.4 is 4.72 Å². The van der Waals surface area contributed by atoms with E-state index in [1.807, 2.05) is 0 Å². The van der Waals surface area contributed by atoms with Crippen LogP contribution in [0.4, 0.5) is 5.69 Å². The van der Waals surface area contributed by atoms with Crippen molar-refractivity contribution in [2.45, 2.75) is 4.90 Å². The van der Waals surface area contributed by atoms with Crippen molar-refractivity contribution in [3.8, 4) is 0 Å². The highest BCUT2D eigenvalue weighted by Gasteiger charge is 2.16. The van der Waals surface area contributed by atoms with E-state index < -0.39 is 10.0 Å². The van der Waals surface area contributed by atoms with Gasteiger partial charge in [-0.3, -0.25) is 4.72 Å². The van der Waals surface area contributed by atoms with E-state index in [9.17, 15) is 8.42 Å². The molecule has 1 N–H and O–H groups in total. The van der Waals surface area contributed by atoms with E-state index in [1.54, 1.807) is 0 Å². The fourth-order valence-corrected chi connectivity index (χ4v) is 2.93. The SMILES string of the molecule is O=S(=O)(Nc1ccc(Cl)nc1)c1cnc(Cl)c(Br)c1. The number of rotatable bonds is 3. The zero-order valence-electron chi connectivity index (χ0n) is 9.14. The lowest BCUT2D eigenvalue weighted by Gasteiger charge is -2.08. The van der Waals surface area contributed by atoms with Crippen LogP contribution in [0.2, 0.25) is 10.3 Å². The molecule has 100 valence electrons. The summed E-state index contributed by atoms with van der Waals surface area (Å²) in [5.74, 6) is 0. The van der Waals surface area contributed by atoms with Crippen molar-refractivity contribution in [1.29, 1.82) is 0 Å². The van der Waals surface area contributed by atoms with Gasteiger partial charge in [0.15, 0.2) is 0 Å². The van der Waals surface area contributed by atoms with Crippen molar-refractivity contribution in [1.82, 2.24) is 9.97 Å². The van der Waals surface area contributed by atoms with E-state index in [2.05, 4.69) is 30.6 Å². The van der Waals surface area contributed by atoms with Crippen LogP contribution in [0.5, 0.6) is 0 Å². The Morgan fingerprint density at radius 1 is 1.16 bits per heavy atom. The Morgan fingerprint density at radius 2 is 1.89 bits per heavy atom. The number of nitrogens with one attached hydrogen (secondary N) is 1. The van der Waals surface area contributed by atoms with Crippen LogP contribution in [0.3, 0.4) is 0 Å². The van der Waals surface area contributed by atoms with Gasteiger partial charge in [0.1, 0.15) is 15.2 Å². The number of hydrogen-bond acceptors (Lipinski definition) is 4. The normalized spacial score (nSPS) is 11.3. The lowest BCUT2D eigenvalue weighted by Crippen LogP contribution is -2.13. The fourth-order valence-electron chi connectivity index (χ4n) is 1.20. The summed E-state index contributed by atoms with van der Waals surface area (Å²) in [4.78, 5) is 7.53. The number of aromatic nitrogens is 2. The van der Waals surface area contributed by atoms with E-state index in [4.69, 9.17) is 23.2 Å². The Labute approximate surface area is 128 Å². The number of pyridine rings is 2. The molecule has 0 unspecified atom stereocenters. The van der Waals surface area contributed by atoms with Gasteiger partial charge in [-0.1, -0.05) is 23.2 Å². The van der Waals surface area contributed by atoms with E-state index in [0.29, 0.717) is 10.2 Å². The average Bonchev–Trinajstić information content (AvgIpc) is 2.35. The molecule has 5 nitrogen and oxygen atoms in total. The Bertz CT molecular complexity index is 707. The second-order valence-electron chi connectivity index (χ2n) is 3.42. The second-order valence-corrected chi connectivity index (χ2v) is 6.70. The summed E-state index contributed by atoms with van der Waals surface area (Å²) in [6.45, 7) is 0. The second kappa shape index (κ2) is 5.62. The van der Waals surface area contributed by atoms with Crippen LogP contribution in [0, 0.1) is 0 Å². The average molecular weight is 383 g/mol. The van der Waals surface area contributed by atoms with Crippen molar-refractivity contribution in [2.75, 3.05) is 4.72 Å². The van der Waals surface area contributed by atoms with Gasteiger partial charge in [0, 0.05) is 6.20 Å². The van der Waals surface area contributed by atoms with Gasteiger partial charge in [-0.15, -0.1) is 0 Å². The molecular weight excluding hydrogens is 377 g/mol. The molecule has 19 heavy (non-hydrogen) atoms. The zero-order chi connectivity index (χ0) is 14.0. The van der Waals surface area contributed by atoms with Crippen molar-refractivity contribution < 1.29 is 8.42 Å². The quantitative estimate of drug-likeness (QED) is 0.826. The topological polar surface area (TPSA) is 72.0 Å². The third-order valence-electron chi connectivity index (χ3n) is 2.06. The Hall–Kier alpha value is -0.890. The molecule has 0 amide bonds. The molecule has 0 fully saturated rings. The minimum Gasteiger partial charge on any atom is -0.278 e. The summed E-state index contributed by atoms with van der Waals surface area (Å²) in [6.07, 6.45) is 2.48. The molecule has 0 spiro atoms. The molecule has 0 aliphatic rings. The lowest BCUT2D eigenvalue weighted by molar-refractivity contribution is 0.600. The van der Waals surface area contributed by atoms with Crippen LogP contribution >= 0.6 is 39.1 Å². The van der Waals surface area contributed by atoms with Gasteiger partial charge in [0.2, 0.25) is 0 Å². The minimum atomic E-state index is -3.75. The number of nitrogens with zero attached hydrogens (tertiary/aromatic N) is 2. The Morgan fingerprint density at radius 3 is 2.47 bits per heavy atom. The van der Waals surface area contributed by atoms with E-state index in [1.165, 1.54) is 30.6 Å². The maximum absolute atomic E-state index is 12.1. The van der Waals surface area contributed by atoms with E-state index >= 15 is 0 Å². The molecule has 9 heteroatoms. The largest absolute Gasteiger partial charge is 0.278 e. The van der Waals surface area contributed by atoms with Crippen LogP contribution in [0.15, 0.2) is 40.0 Å². The summed E-state index contributed by atoms with van der Waals surface area (Å²) in [5.41, 5.74) is 0.301. The third kappa shape index (κ3) is 3.56. The van der Waals surface area contributed by atoms with Gasteiger partial charge in [-0.25, -0.2) is 18.4 Å². The predicted octanol–water partition coefficient (Wildman–Crippen LogP) is 3.35. The maximum atomic E-state index is 12.1. The van der Waals surface area contributed by atoms with Crippen molar-refractivity contribution in [3.05, 3.63) is 45.4 Å². The molecule has 0 saturated heterocycles. The zero-order valence-corrected chi connectivity index (χ0v) is 13.1. The van der Waals surface area contributed by atoms with Gasteiger partial charge in [0.05, 0.1) is 16.4 Å². The molecule has 0 aliphatic heterocycles. The maximum Gasteiger partial charge on any atom is 0.263 e. The highest BCUT2D eigenvalue weighted by Crippen LogP contribution is 2.24. The first-order valence-electron chi connectivity index (χ1n) is 4.84. The summed E-state index contributed by atoms with van der Waals surface area (Å²) < 4.78 is 26.9. The molecule has 0 aromatic carbocycles. The highest BCUT2D eigenvalue weighted by molar-refractivity contribution is 9.10. The first kappa shape index (κ1) is 14.5. The number of anilines is 1. The molecule has 0 bridgehead atoms. The molecule has 0 atom stereocenters. The Balaban J connectivity index is 2.32. The molecule has 0 radical (unpaired) electrons. The molecule has 2 heterocycles. The van der Waals surface area contributed by atoms with Crippen LogP contribution in [0.25, 0.3) is 0 Å². The van der Waals surface area contributed by atoms with Gasteiger partial charge < -0.3 is 0 Å². The number of hydrogen-bond donors (Lipinski definition) is 1. The highest BCUT2D eigenvalue weighted by atomic mass is 79.9. The van der Waals surface area contributed by atoms with Crippen molar-refractivity contribution in [2.24, 2.45) is 0 Å². The van der Waals surface area contributed by atoms with Crippen molar-refractivity contribution in [3.63, 3.8) is 0 Å². The lowest BCUT2D eigenvalue weighted by atomic mass is 10.4. The van der Waals surface area contributed by atoms with Gasteiger partial charge in [0.25, 0.3) is 10.0 Å². The predicted molar refractivity (Wildman–Crippen MR) is 77.0 cm³/mol. The molecule has 2 aromatic heterocycles. The third-order valence-corrected chi connectivity index (χ3v) is 4.77. The smallest absolute Gasteiger partial charge is 0.263 e. The standard InChI is InChI=1S/C10H6BrCl2N3O2S/c11-8-3-7(5-15-10(8)13)19(17,18)16-6-1-2-9(12)14-4-6/h1-5,16H. The van der Waals surface area contributed by atoms with Crippen molar-refractivity contribution >= 4 is 54.8 Å². The number of halogens is 3. The van der Waals surface area contributed by atoms with E-state index in [0.717, 1.165) is 0 Å². The van der Waals surface area contributed by atoms with Crippen LogP contribution in [-0.4, -0.2) is 18.4 Å². The summed E-state index contributed by atoms with van der Waals surface area (Å²) in [7, 11) is -3.75. The molecule has 2 aromatic rings. The van der Waals surface area contributed by atoms with Gasteiger partial charge >= 0.3 is 0 Å². The molecular formula is C10H6BrCl2N3O2S. The monoisotopic (exact) mass is 381 g/mol. The summed E-state index contributed by atoms with van der Waals surface area (Å²) in [6, 6.07) is 4.35. The molecule has 2 rings (SSSR count).